The molecule has 0 bridgehead atoms. The average Bonchev–Trinajstić information content (AvgIpc) is 3.19. The van der Waals surface area contributed by atoms with Crippen LogP contribution >= 0.6 is 11.3 Å². The van der Waals surface area contributed by atoms with Crippen LogP contribution in [0.1, 0.15) is 36.3 Å². The Hall–Kier alpha value is -1.72. The molecular weight excluding hydrogens is 306 g/mol. The zero-order valence-corrected chi connectivity index (χ0v) is 13.9. The second-order valence-electron chi connectivity index (χ2n) is 6.65. The van der Waals surface area contributed by atoms with Crippen LogP contribution in [0.5, 0.6) is 0 Å². The van der Waals surface area contributed by atoms with E-state index in [2.05, 4.69) is 44.2 Å². The number of carbonyl (C=O) groups excluding carboxylic acids is 1. The SMILES string of the molecule is O=C1CC(c2ccncc2)C2(CCN(Cc3ccsc3)CC2)N1. The first-order valence-electron chi connectivity index (χ1n) is 8.20. The van der Waals surface area contributed by atoms with Crippen LogP contribution < -0.4 is 5.32 Å². The van der Waals surface area contributed by atoms with Crippen molar-refractivity contribution in [2.24, 2.45) is 0 Å². The van der Waals surface area contributed by atoms with Gasteiger partial charge in [-0.05, 0) is 52.9 Å². The normalized spacial score (nSPS) is 24.0. The molecule has 2 aromatic heterocycles. The van der Waals surface area contributed by atoms with Gasteiger partial charge in [-0.25, -0.2) is 0 Å². The third kappa shape index (κ3) is 2.91. The first-order chi connectivity index (χ1) is 11.3. The minimum absolute atomic E-state index is 0.0659. The highest BCUT2D eigenvalue weighted by atomic mass is 32.1. The number of rotatable bonds is 3. The van der Waals surface area contributed by atoms with E-state index in [1.807, 2.05) is 12.4 Å². The Bertz CT molecular complexity index is 663. The number of pyridine rings is 1. The summed E-state index contributed by atoms with van der Waals surface area (Å²) in [5.74, 6) is 0.472. The second kappa shape index (κ2) is 6.06. The van der Waals surface area contributed by atoms with Gasteiger partial charge in [0.25, 0.3) is 0 Å². The summed E-state index contributed by atoms with van der Waals surface area (Å²) in [4.78, 5) is 18.7. The monoisotopic (exact) mass is 327 g/mol. The van der Waals surface area contributed by atoms with Gasteiger partial charge in [0.15, 0.2) is 0 Å². The topological polar surface area (TPSA) is 45.2 Å². The fourth-order valence-electron chi connectivity index (χ4n) is 4.05. The maximum absolute atomic E-state index is 12.1. The Balaban J connectivity index is 1.49. The highest BCUT2D eigenvalue weighted by Crippen LogP contribution is 2.43. The van der Waals surface area contributed by atoms with Crippen molar-refractivity contribution >= 4 is 17.2 Å². The van der Waals surface area contributed by atoms with Crippen LogP contribution in [0.2, 0.25) is 0 Å². The van der Waals surface area contributed by atoms with Crippen LogP contribution in [0.3, 0.4) is 0 Å². The van der Waals surface area contributed by atoms with Gasteiger partial charge in [0, 0.05) is 49.9 Å². The third-order valence-electron chi connectivity index (χ3n) is 5.29. The van der Waals surface area contributed by atoms with Gasteiger partial charge in [0.05, 0.1) is 0 Å². The standard InChI is InChI=1S/C18H21N3OS/c22-17-11-16(15-1-6-19-7-2-15)18(20-17)4-8-21(9-5-18)12-14-3-10-23-13-14/h1-3,6-7,10,13,16H,4-5,8-9,11-12H2,(H,20,22). The molecule has 23 heavy (non-hydrogen) atoms. The Morgan fingerprint density at radius 3 is 2.74 bits per heavy atom. The lowest BCUT2D eigenvalue weighted by Gasteiger charge is -2.43. The molecule has 2 aliphatic rings. The second-order valence-corrected chi connectivity index (χ2v) is 7.43. The van der Waals surface area contributed by atoms with Gasteiger partial charge in [-0.1, -0.05) is 0 Å². The molecule has 1 N–H and O–H groups in total. The lowest BCUT2D eigenvalue weighted by Crippen LogP contribution is -2.53. The molecule has 1 amide bonds. The number of amides is 1. The van der Waals surface area contributed by atoms with Crippen LogP contribution in [0.25, 0.3) is 0 Å². The van der Waals surface area contributed by atoms with E-state index in [-0.39, 0.29) is 17.4 Å². The summed E-state index contributed by atoms with van der Waals surface area (Å²) in [7, 11) is 0. The molecule has 4 nitrogen and oxygen atoms in total. The van der Waals surface area contributed by atoms with Crippen molar-refractivity contribution in [1.82, 2.24) is 15.2 Å². The summed E-state index contributed by atoms with van der Waals surface area (Å²) in [6, 6.07) is 6.32. The quantitative estimate of drug-likeness (QED) is 0.943. The van der Waals surface area contributed by atoms with Crippen LogP contribution in [0.15, 0.2) is 41.4 Å². The number of thiophene rings is 1. The smallest absolute Gasteiger partial charge is 0.221 e. The Labute approximate surface area is 140 Å². The number of likely N-dealkylation sites (tertiary alicyclic amines) is 1. The van der Waals surface area contributed by atoms with Crippen molar-refractivity contribution < 1.29 is 4.79 Å². The molecule has 0 radical (unpaired) electrons. The highest BCUT2D eigenvalue weighted by Gasteiger charge is 2.48. The minimum Gasteiger partial charge on any atom is -0.350 e. The van der Waals surface area contributed by atoms with E-state index in [4.69, 9.17) is 0 Å². The van der Waals surface area contributed by atoms with Crippen molar-refractivity contribution in [3.8, 4) is 0 Å². The van der Waals surface area contributed by atoms with Crippen molar-refractivity contribution in [2.45, 2.75) is 37.3 Å². The van der Waals surface area contributed by atoms with E-state index in [1.165, 1.54) is 11.1 Å². The lowest BCUT2D eigenvalue weighted by atomic mass is 9.74. The van der Waals surface area contributed by atoms with Gasteiger partial charge in [-0.2, -0.15) is 11.3 Å². The lowest BCUT2D eigenvalue weighted by molar-refractivity contribution is -0.120. The molecule has 120 valence electrons. The molecule has 0 aliphatic carbocycles. The molecule has 5 heteroatoms. The largest absolute Gasteiger partial charge is 0.350 e. The highest BCUT2D eigenvalue weighted by molar-refractivity contribution is 7.07. The average molecular weight is 327 g/mol. The van der Waals surface area contributed by atoms with E-state index in [9.17, 15) is 4.79 Å². The van der Waals surface area contributed by atoms with Crippen molar-refractivity contribution in [3.63, 3.8) is 0 Å². The van der Waals surface area contributed by atoms with Crippen LogP contribution in [0.4, 0.5) is 0 Å². The van der Waals surface area contributed by atoms with E-state index in [0.29, 0.717) is 6.42 Å². The fraction of sp³-hybridized carbons (Fsp3) is 0.444. The summed E-state index contributed by atoms with van der Waals surface area (Å²) in [6.45, 7) is 3.10. The van der Waals surface area contributed by atoms with Crippen LogP contribution in [-0.2, 0) is 11.3 Å². The molecule has 1 spiro atoms. The molecule has 2 saturated heterocycles. The first kappa shape index (κ1) is 14.8. The van der Waals surface area contributed by atoms with Gasteiger partial charge in [0.1, 0.15) is 0 Å². The Morgan fingerprint density at radius 2 is 2.04 bits per heavy atom. The molecule has 4 rings (SSSR count). The van der Waals surface area contributed by atoms with Crippen LogP contribution in [0, 0.1) is 0 Å². The predicted molar refractivity (Wildman–Crippen MR) is 91.3 cm³/mol. The first-order valence-corrected chi connectivity index (χ1v) is 9.14. The van der Waals surface area contributed by atoms with Gasteiger partial charge in [-0.15, -0.1) is 0 Å². The van der Waals surface area contributed by atoms with Crippen molar-refractivity contribution in [3.05, 3.63) is 52.5 Å². The molecule has 1 atom stereocenters. The number of carbonyl (C=O) groups is 1. The Morgan fingerprint density at radius 1 is 1.26 bits per heavy atom. The molecule has 0 saturated carbocycles. The van der Waals surface area contributed by atoms with Gasteiger partial charge >= 0.3 is 0 Å². The molecule has 2 aromatic rings. The fourth-order valence-corrected chi connectivity index (χ4v) is 4.71. The number of nitrogens with one attached hydrogen (secondary N) is 1. The minimum atomic E-state index is -0.0659. The van der Waals surface area contributed by atoms with Crippen molar-refractivity contribution in [1.29, 1.82) is 0 Å². The van der Waals surface area contributed by atoms with Crippen LogP contribution in [-0.4, -0.2) is 34.4 Å². The third-order valence-corrected chi connectivity index (χ3v) is 6.02. The van der Waals surface area contributed by atoms with Crippen molar-refractivity contribution in [2.75, 3.05) is 13.1 Å². The number of aromatic nitrogens is 1. The predicted octanol–water partition coefficient (Wildman–Crippen LogP) is 2.78. The summed E-state index contributed by atoms with van der Waals surface area (Å²) in [5, 5.41) is 7.67. The maximum Gasteiger partial charge on any atom is 0.221 e. The number of piperidine rings is 1. The number of hydrogen-bond donors (Lipinski definition) is 1. The van der Waals surface area contributed by atoms with Gasteiger partial charge in [0.2, 0.25) is 5.91 Å². The molecule has 2 fully saturated rings. The van der Waals surface area contributed by atoms with E-state index in [0.717, 1.165) is 32.5 Å². The van der Waals surface area contributed by atoms with E-state index >= 15 is 0 Å². The zero-order chi connectivity index (χ0) is 15.7. The van der Waals surface area contributed by atoms with Gasteiger partial charge < -0.3 is 5.32 Å². The van der Waals surface area contributed by atoms with E-state index in [1.54, 1.807) is 11.3 Å². The van der Waals surface area contributed by atoms with E-state index < -0.39 is 0 Å². The Kier molecular flexibility index (Phi) is 3.91. The molecule has 4 heterocycles. The number of hydrogen-bond acceptors (Lipinski definition) is 4. The zero-order valence-electron chi connectivity index (χ0n) is 13.1. The summed E-state index contributed by atoms with van der Waals surface area (Å²) >= 11 is 1.76. The summed E-state index contributed by atoms with van der Waals surface area (Å²) in [6.07, 6.45) is 6.31. The number of nitrogens with zero attached hydrogens (tertiary/aromatic N) is 2. The summed E-state index contributed by atoms with van der Waals surface area (Å²) in [5.41, 5.74) is 2.57. The molecule has 0 aromatic carbocycles. The molecule has 1 unspecified atom stereocenters. The van der Waals surface area contributed by atoms with Gasteiger partial charge in [-0.3, -0.25) is 14.7 Å². The molecular formula is C18H21N3OS. The maximum atomic E-state index is 12.1. The molecule has 2 aliphatic heterocycles. The summed E-state index contributed by atoms with van der Waals surface area (Å²) < 4.78 is 0.